The molecule has 0 unspecified atom stereocenters. The van der Waals surface area contributed by atoms with Crippen molar-refractivity contribution in [2.24, 2.45) is 0 Å². The van der Waals surface area contributed by atoms with Gasteiger partial charge in [-0.25, -0.2) is 5.43 Å². The lowest BCUT2D eigenvalue weighted by Crippen LogP contribution is -2.31. The summed E-state index contributed by atoms with van der Waals surface area (Å²) in [6.07, 6.45) is 5.14. The summed E-state index contributed by atoms with van der Waals surface area (Å²) >= 11 is 1.59. The molecule has 6 heteroatoms. The predicted molar refractivity (Wildman–Crippen MR) is 86.3 cm³/mol. The highest BCUT2D eigenvalue weighted by Crippen LogP contribution is 2.28. The van der Waals surface area contributed by atoms with Gasteiger partial charge in [0.15, 0.2) is 0 Å². The second kappa shape index (κ2) is 7.02. The Balaban J connectivity index is 0.00000147. The van der Waals surface area contributed by atoms with E-state index < -0.39 is 0 Å². The van der Waals surface area contributed by atoms with Crippen molar-refractivity contribution in [3.8, 4) is 10.6 Å². The molecule has 108 valence electrons. The summed E-state index contributed by atoms with van der Waals surface area (Å²) in [5.41, 5.74) is 8.92. The molecule has 0 atom stereocenters. The van der Waals surface area contributed by atoms with Gasteiger partial charge in [-0.15, -0.1) is 22.6 Å². The van der Waals surface area contributed by atoms with Gasteiger partial charge in [0.05, 0.1) is 0 Å². The van der Waals surface area contributed by atoms with Crippen LogP contribution in [-0.2, 0) is 0 Å². The van der Waals surface area contributed by atoms with Gasteiger partial charge in [-0.05, 0) is 25.3 Å². The second-order valence-corrected chi connectivity index (χ2v) is 5.96. The number of aryl methyl sites for hydroxylation is 1. The van der Waals surface area contributed by atoms with Crippen LogP contribution in [0.5, 0.6) is 0 Å². The Hall–Kier alpha value is -1.17. The van der Waals surface area contributed by atoms with Crippen LogP contribution >= 0.6 is 23.7 Å². The third-order valence-electron chi connectivity index (χ3n) is 3.54. The van der Waals surface area contributed by atoms with E-state index in [4.69, 9.17) is 0 Å². The van der Waals surface area contributed by atoms with Gasteiger partial charge in [-0.2, -0.15) is 0 Å². The molecule has 1 aromatic carbocycles. The molecule has 0 saturated heterocycles. The van der Waals surface area contributed by atoms with Gasteiger partial charge in [0.2, 0.25) is 5.13 Å². The lowest BCUT2D eigenvalue weighted by atomic mass is 10.1. The van der Waals surface area contributed by atoms with Crippen molar-refractivity contribution in [2.45, 2.75) is 38.6 Å². The zero-order valence-corrected chi connectivity index (χ0v) is 13.1. The number of hydrazine groups is 1. The first-order valence-corrected chi connectivity index (χ1v) is 7.55. The summed E-state index contributed by atoms with van der Waals surface area (Å²) in [6, 6.07) is 8.84. The van der Waals surface area contributed by atoms with Crippen LogP contribution < -0.4 is 10.9 Å². The molecular formula is C14H19ClN4S. The highest BCUT2D eigenvalue weighted by Gasteiger charge is 2.15. The highest BCUT2D eigenvalue weighted by molar-refractivity contribution is 7.18. The van der Waals surface area contributed by atoms with Crippen LogP contribution in [0, 0.1) is 6.92 Å². The molecule has 1 aromatic heterocycles. The van der Waals surface area contributed by atoms with E-state index in [1.165, 1.54) is 31.2 Å². The second-order valence-electron chi connectivity index (χ2n) is 4.98. The third-order valence-corrected chi connectivity index (χ3v) is 4.41. The standard InChI is InChI=1S/C14H18N4S.ClH/c1-10-6-2-5-9-12(10)13-16-18-14(19-13)17-15-11-7-3-4-8-11;/h2,5-6,9,11,15H,3-4,7-8H2,1H3,(H,17,18);1H. The summed E-state index contributed by atoms with van der Waals surface area (Å²) in [5, 5.41) is 10.3. The minimum atomic E-state index is 0. The quantitative estimate of drug-likeness (QED) is 0.844. The van der Waals surface area contributed by atoms with E-state index in [-0.39, 0.29) is 12.4 Å². The molecule has 1 heterocycles. The molecule has 0 bridgehead atoms. The van der Waals surface area contributed by atoms with Crippen molar-refractivity contribution >= 4 is 28.9 Å². The van der Waals surface area contributed by atoms with Crippen molar-refractivity contribution in [2.75, 3.05) is 5.43 Å². The number of aromatic nitrogens is 2. The molecule has 1 saturated carbocycles. The average Bonchev–Trinajstić information content (AvgIpc) is 3.08. The van der Waals surface area contributed by atoms with Gasteiger partial charge in [0, 0.05) is 11.6 Å². The number of nitrogens with one attached hydrogen (secondary N) is 2. The van der Waals surface area contributed by atoms with Gasteiger partial charge >= 0.3 is 0 Å². The fraction of sp³-hybridized carbons (Fsp3) is 0.429. The van der Waals surface area contributed by atoms with E-state index >= 15 is 0 Å². The molecule has 1 fully saturated rings. The molecule has 0 amide bonds. The van der Waals surface area contributed by atoms with Crippen molar-refractivity contribution in [3.05, 3.63) is 29.8 Å². The van der Waals surface area contributed by atoms with E-state index in [0.717, 1.165) is 15.7 Å². The van der Waals surface area contributed by atoms with Crippen LogP contribution in [0.3, 0.4) is 0 Å². The number of hydrogen-bond acceptors (Lipinski definition) is 5. The van der Waals surface area contributed by atoms with E-state index in [9.17, 15) is 0 Å². The van der Waals surface area contributed by atoms with Crippen LogP contribution in [0.1, 0.15) is 31.2 Å². The molecule has 2 aromatic rings. The number of rotatable bonds is 4. The molecular weight excluding hydrogens is 292 g/mol. The SMILES string of the molecule is Cc1ccccc1-c1nnc(NNC2CCCC2)s1.Cl. The Labute approximate surface area is 129 Å². The molecule has 0 aliphatic heterocycles. The van der Waals surface area contributed by atoms with Crippen LogP contribution in [0.25, 0.3) is 10.6 Å². The fourth-order valence-corrected chi connectivity index (χ4v) is 3.22. The number of halogens is 1. The van der Waals surface area contributed by atoms with Gasteiger partial charge in [0.25, 0.3) is 0 Å². The largest absolute Gasteiger partial charge is 0.295 e. The molecule has 2 N–H and O–H groups in total. The Morgan fingerprint density at radius 1 is 1.15 bits per heavy atom. The Kier molecular flexibility index (Phi) is 5.34. The lowest BCUT2D eigenvalue weighted by Gasteiger charge is -2.10. The molecule has 1 aliphatic rings. The lowest BCUT2D eigenvalue weighted by molar-refractivity contribution is 0.576. The van der Waals surface area contributed by atoms with Crippen LogP contribution in [-0.4, -0.2) is 16.2 Å². The normalized spacial score (nSPS) is 15.1. The third kappa shape index (κ3) is 3.48. The van der Waals surface area contributed by atoms with Crippen LogP contribution in [0.4, 0.5) is 5.13 Å². The van der Waals surface area contributed by atoms with Crippen molar-refractivity contribution < 1.29 is 0 Å². The minimum Gasteiger partial charge on any atom is -0.295 e. The maximum Gasteiger partial charge on any atom is 0.220 e. The maximum atomic E-state index is 4.26. The fourth-order valence-electron chi connectivity index (χ4n) is 2.43. The number of anilines is 1. The van der Waals surface area contributed by atoms with Gasteiger partial charge in [0.1, 0.15) is 5.01 Å². The molecule has 1 aliphatic carbocycles. The molecule has 0 radical (unpaired) electrons. The predicted octanol–water partition coefficient (Wildman–Crippen LogP) is 3.79. The minimum absolute atomic E-state index is 0. The first-order valence-electron chi connectivity index (χ1n) is 6.74. The summed E-state index contributed by atoms with van der Waals surface area (Å²) in [7, 11) is 0. The van der Waals surface area contributed by atoms with E-state index in [0.29, 0.717) is 6.04 Å². The van der Waals surface area contributed by atoms with Crippen LogP contribution in [0.15, 0.2) is 24.3 Å². The Morgan fingerprint density at radius 3 is 2.65 bits per heavy atom. The summed E-state index contributed by atoms with van der Waals surface area (Å²) in [6.45, 7) is 2.10. The van der Waals surface area contributed by atoms with Crippen LogP contribution in [0.2, 0.25) is 0 Å². The molecule has 3 rings (SSSR count). The van der Waals surface area contributed by atoms with Crippen molar-refractivity contribution in [1.82, 2.24) is 15.6 Å². The first kappa shape index (κ1) is 15.2. The summed E-state index contributed by atoms with van der Waals surface area (Å²) in [5.74, 6) is 0. The smallest absolute Gasteiger partial charge is 0.220 e. The highest BCUT2D eigenvalue weighted by atomic mass is 35.5. The molecule has 20 heavy (non-hydrogen) atoms. The van der Waals surface area contributed by atoms with Gasteiger partial charge < -0.3 is 0 Å². The van der Waals surface area contributed by atoms with E-state index in [1.54, 1.807) is 11.3 Å². The van der Waals surface area contributed by atoms with E-state index in [1.807, 2.05) is 12.1 Å². The summed E-state index contributed by atoms with van der Waals surface area (Å²) < 4.78 is 0. The van der Waals surface area contributed by atoms with Crippen molar-refractivity contribution in [1.29, 1.82) is 0 Å². The summed E-state index contributed by atoms with van der Waals surface area (Å²) in [4.78, 5) is 0. The molecule has 4 nitrogen and oxygen atoms in total. The zero-order chi connectivity index (χ0) is 13.1. The van der Waals surface area contributed by atoms with E-state index in [2.05, 4.69) is 40.1 Å². The number of hydrogen-bond donors (Lipinski definition) is 2. The zero-order valence-electron chi connectivity index (χ0n) is 11.4. The Bertz CT molecular complexity index is 552. The Morgan fingerprint density at radius 2 is 1.90 bits per heavy atom. The maximum absolute atomic E-state index is 4.26. The van der Waals surface area contributed by atoms with Gasteiger partial charge in [-0.3, -0.25) is 5.43 Å². The first-order chi connectivity index (χ1) is 9.33. The average molecular weight is 311 g/mol. The van der Waals surface area contributed by atoms with Gasteiger partial charge in [-0.1, -0.05) is 48.4 Å². The number of nitrogens with zero attached hydrogens (tertiary/aromatic N) is 2. The molecule has 0 spiro atoms. The topological polar surface area (TPSA) is 49.8 Å². The monoisotopic (exact) mass is 310 g/mol. The van der Waals surface area contributed by atoms with Crippen molar-refractivity contribution in [3.63, 3.8) is 0 Å². The number of benzene rings is 1.